The van der Waals surface area contributed by atoms with Crippen molar-refractivity contribution in [3.05, 3.63) is 0 Å². The van der Waals surface area contributed by atoms with Gasteiger partial charge in [-0.25, -0.2) is 0 Å². The summed E-state index contributed by atoms with van der Waals surface area (Å²) in [4.78, 5) is 5.35. The molecule has 0 amide bonds. The minimum absolute atomic E-state index is 0.459. The maximum atomic E-state index is 3.61. The molecule has 0 bridgehead atoms. The first-order valence-corrected chi connectivity index (χ1v) is 9.18. The topological polar surface area (TPSA) is 18.5 Å². The third kappa shape index (κ3) is 7.12. The molecule has 2 saturated heterocycles. The van der Waals surface area contributed by atoms with E-state index in [0.717, 1.165) is 19.0 Å². The van der Waals surface area contributed by atoms with Crippen LogP contribution in [0.2, 0.25) is 0 Å². The Bertz CT molecular complexity index is 271. The minimum atomic E-state index is 0.459. The number of nitrogens with one attached hydrogen (secondary N) is 1. The quantitative estimate of drug-likeness (QED) is 0.729. The van der Waals surface area contributed by atoms with Crippen molar-refractivity contribution < 1.29 is 0 Å². The van der Waals surface area contributed by atoms with Crippen LogP contribution >= 0.6 is 0 Å². The number of hydrogen-bond donors (Lipinski definition) is 1. The molecule has 0 unspecified atom stereocenters. The molecule has 2 aliphatic heterocycles. The predicted octanol–water partition coefficient (Wildman–Crippen LogP) is 2.82. The lowest BCUT2D eigenvalue weighted by molar-refractivity contribution is 0.154. The molecule has 0 spiro atoms. The molecular formula is C18H37N3. The average molecular weight is 296 g/mol. The first-order chi connectivity index (χ1) is 10.0. The summed E-state index contributed by atoms with van der Waals surface area (Å²) in [5.41, 5.74) is 0.459. The standard InChI is InChI=1S/C18H37N3/c1-18(2,3)8-9-19-10-15-20-13-6-17(7-14-20)16-21-11-4-5-12-21/h17,19H,4-16H2,1-3H3. The minimum Gasteiger partial charge on any atom is -0.315 e. The van der Waals surface area contributed by atoms with Crippen molar-refractivity contribution in [1.82, 2.24) is 15.1 Å². The highest BCUT2D eigenvalue weighted by atomic mass is 15.2. The molecule has 3 nitrogen and oxygen atoms in total. The molecule has 21 heavy (non-hydrogen) atoms. The Hall–Kier alpha value is -0.120. The van der Waals surface area contributed by atoms with Gasteiger partial charge in [-0.2, -0.15) is 0 Å². The molecule has 0 aromatic rings. The Labute approximate surface area is 132 Å². The highest BCUT2D eigenvalue weighted by Gasteiger charge is 2.22. The van der Waals surface area contributed by atoms with Crippen LogP contribution in [0.15, 0.2) is 0 Å². The third-order valence-corrected chi connectivity index (χ3v) is 5.08. The van der Waals surface area contributed by atoms with E-state index in [0.29, 0.717) is 5.41 Å². The Kier molecular flexibility index (Phi) is 6.97. The van der Waals surface area contributed by atoms with Crippen molar-refractivity contribution in [3.63, 3.8) is 0 Å². The average Bonchev–Trinajstić information content (AvgIpc) is 2.92. The fourth-order valence-electron chi connectivity index (χ4n) is 3.55. The van der Waals surface area contributed by atoms with Gasteiger partial charge in [-0.15, -0.1) is 0 Å². The lowest BCUT2D eigenvalue weighted by Crippen LogP contribution is -2.41. The molecule has 1 N–H and O–H groups in total. The van der Waals surface area contributed by atoms with Gasteiger partial charge < -0.3 is 15.1 Å². The maximum Gasteiger partial charge on any atom is 0.0107 e. The predicted molar refractivity (Wildman–Crippen MR) is 91.8 cm³/mol. The van der Waals surface area contributed by atoms with Gasteiger partial charge in [0.25, 0.3) is 0 Å². The van der Waals surface area contributed by atoms with E-state index in [1.807, 2.05) is 0 Å². The summed E-state index contributed by atoms with van der Waals surface area (Å²) < 4.78 is 0. The number of rotatable bonds is 7. The van der Waals surface area contributed by atoms with E-state index in [4.69, 9.17) is 0 Å². The van der Waals surface area contributed by atoms with Crippen molar-refractivity contribution in [2.75, 3.05) is 52.4 Å². The highest BCUT2D eigenvalue weighted by Crippen LogP contribution is 2.20. The fourth-order valence-corrected chi connectivity index (χ4v) is 3.55. The second-order valence-electron chi connectivity index (χ2n) is 8.35. The van der Waals surface area contributed by atoms with Crippen LogP contribution in [-0.4, -0.2) is 62.2 Å². The van der Waals surface area contributed by atoms with Crippen LogP contribution in [0.4, 0.5) is 0 Å². The smallest absolute Gasteiger partial charge is 0.0107 e. The molecule has 3 heteroatoms. The zero-order valence-electron chi connectivity index (χ0n) is 14.7. The van der Waals surface area contributed by atoms with Crippen molar-refractivity contribution in [2.24, 2.45) is 11.3 Å². The summed E-state index contributed by atoms with van der Waals surface area (Å²) in [6.45, 7) is 17.2. The SMILES string of the molecule is CC(C)(C)CCNCCN1CCC(CN2CCCC2)CC1. The van der Waals surface area contributed by atoms with Gasteiger partial charge >= 0.3 is 0 Å². The van der Waals surface area contributed by atoms with Gasteiger partial charge in [-0.3, -0.25) is 0 Å². The summed E-state index contributed by atoms with van der Waals surface area (Å²) in [5, 5.41) is 3.61. The van der Waals surface area contributed by atoms with Crippen LogP contribution in [0.5, 0.6) is 0 Å². The maximum absolute atomic E-state index is 3.61. The molecule has 0 radical (unpaired) electrons. The van der Waals surface area contributed by atoms with E-state index >= 15 is 0 Å². The van der Waals surface area contributed by atoms with E-state index in [1.165, 1.54) is 71.4 Å². The Balaban J connectivity index is 1.49. The van der Waals surface area contributed by atoms with Crippen molar-refractivity contribution >= 4 is 0 Å². The van der Waals surface area contributed by atoms with Crippen LogP contribution < -0.4 is 5.32 Å². The second-order valence-corrected chi connectivity index (χ2v) is 8.35. The van der Waals surface area contributed by atoms with Gasteiger partial charge in [0, 0.05) is 19.6 Å². The normalized spacial score (nSPS) is 23.0. The fraction of sp³-hybridized carbons (Fsp3) is 1.00. The summed E-state index contributed by atoms with van der Waals surface area (Å²) in [7, 11) is 0. The van der Waals surface area contributed by atoms with Crippen molar-refractivity contribution in [1.29, 1.82) is 0 Å². The molecule has 124 valence electrons. The highest BCUT2D eigenvalue weighted by molar-refractivity contribution is 4.77. The van der Waals surface area contributed by atoms with Gasteiger partial charge in [0.2, 0.25) is 0 Å². The summed E-state index contributed by atoms with van der Waals surface area (Å²) in [6, 6.07) is 0. The molecule has 0 aromatic heterocycles. The lowest BCUT2D eigenvalue weighted by Gasteiger charge is -2.34. The molecule has 0 saturated carbocycles. The molecule has 2 aliphatic rings. The third-order valence-electron chi connectivity index (χ3n) is 5.08. The number of nitrogens with zero attached hydrogens (tertiary/aromatic N) is 2. The summed E-state index contributed by atoms with van der Waals surface area (Å²) >= 11 is 0. The molecule has 2 rings (SSSR count). The number of piperidine rings is 1. The van der Waals surface area contributed by atoms with Crippen LogP contribution in [0.3, 0.4) is 0 Å². The van der Waals surface area contributed by atoms with E-state index in [1.54, 1.807) is 0 Å². The van der Waals surface area contributed by atoms with E-state index in [9.17, 15) is 0 Å². The summed E-state index contributed by atoms with van der Waals surface area (Å²) in [5.74, 6) is 0.966. The Morgan fingerprint density at radius 1 is 0.905 bits per heavy atom. The van der Waals surface area contributed by atoms with E-state index in [2.05, 4.69) is 35.9 Å². The van der Waals surface area contributed by atoms with Gasteiger partial charge in [0.1, 0.15) is 0 Å². The molecule has 2 fully saturated rings. The lowest BCUT2D eigenvalue weighted by atomic mass is 9.92. The van der Waals surface area contributed by atoms with Gasteiger partial charge in [0.05, 0.1) is 0 Å². The van der Waals surface area contributed by atoms with Crippen molar-refractivity contribution in [3.8, 4) is 0 Å². The van der Waals surface area contributed by atoms with Crippen LogP contribution in [0.25, 0.3) is 0 Å². The summed E-state index contributed by atoms with van der Waals surface area (Å²) in [6.07, 6.45) is 6.96. The Morgan fingerprint density at radius 2 is 1.57 bits per heavy atom. The number of likely N-dealkylation sites (tertiary alicyclic amines) is 2. The molecule has 0 aromatic carbocycles. The van der Waals surface area contributed by atoms with Gasteiger partial charge in [0.15, 0.2) is 0 Å². The van der Waals surface area contributed by atoms with Gasteiger partial charge in [-0.05, 0) is 76.2 Å². The zero-order chi connectivity index (χ0) is 15.1. The molecule has 0 aliphatic carbocycles. The van der Waals surface area contributed by atoms with Crippen LogP contribution in [0, 0.1) is 11.3 Å². The number of hydrogen-bond acceptors (Lipinski definition) is 3. The molecule has 2 heterocycles. The van der Waals surface area contributed by atoms with Crippen molar-refractivity contribution in [2.45, 2.75) is 52.9 Å². The Morgan fingerprint density at radius 3 is 2.19 bits per heavy atom. The molecular weight excluding hydrogens is 258 g/mol. The largest absolute Gasteiger partial charge is 0.315 e. The molecule has 0 atom stereocenters. The van der Waals surface area contributed by atoms with Gasteiger partial charge in [-0.1, -0.05) is 20.8 Å². The van der Waals surface area contributed by atoms with Crippen LogP contribution in [0.1, 0.15) is 52.9 Å². The monoisotopic (exact) mass is 295 g/mol. The second kappa shape index (κ2) is 8.50. The first-order valence-electron chi connectivity index (χ1n) is 9.18. The zero-order valence-corrected chi connectivity index (χ0v) is 14.7. The van der Waals surface area contributed by atoms with E-state index in [-0.39, 0.29) is 0 Å². The first kappa shape index (κ1) is 17.2. The van der Waals surface area contributed by atoms with Crippen LogP contribution in [-0.2, 0) is 0 Å². The van der Waals surface area contributed by atoms with E-state index < -0.39 is 0 Å².